The molecule has 0 unspecified atom stereocenters. The van der Waals surface area contributed by atoms with Gasteiger partial charge in [0.1, 0.15) is 0 Å². The first-order valence-electron chi connectivity index (χ1n) is 8.94. The van der Waals surface area contributed by atoms with E-state index in [4.69, 9.17) is 0 Å². The molecule has 1 N–H and O–H groups in total. The molecule has 0 bridgehead atoms. The fourth-order valence-corrected chi connectivity index (χ4v) is 3.36. The summed E-state index contributed by atoms with van der Waals surface area (Å²) >= 11 is 3.44. The van der Waals surface area contributed by atoms with Crippen molar-refractivity contribution >= 4 is 33.0 Å². The van der Waals surface area contributed by atoms with Crippen LogP contribution in [0, 0.1) is 6.92 Å². The molecular formula is C19H16BrN7O. The van der Waals surface area contributed by atoms with E-state index in [-0.39, 0.29) is 5.91 Å². The third kappa shape index (κ3) is 3.07. The lowest BCUT2D eigenvalue weighted by Gasteiger charge is -2.09. The van der Waals surface area contributed by atoms with Crippen LogP contribution in [0.5, 0.6) is 0 Å². The fraction of sp³-hybridized carbons (Fsp3) is 0.211. The summed E-state index contributed by atoms with van der Waals surface area (Å²) in [5, 5.41) is 19.9. The monoisotopic (exact) mass is 437 g/mol. The molecule has 3 aromatic heterocycles. The fourth-order valence-electron chi connectivity index (χ4n) is 3.03. The highest BCUT2D eigenvalue weighted by Crippen LogP contribution is 2.37. The van der Waals surface area contributed by atoms with E-state index in [1.807, 2.05) is 37.3 Å². The summed E-state index contributed by atoms with van der Waals surface area (Å²) in [5.74, 6) is 0.995. The first kappa shape index (κ1) is 17.1. The Morgan fingerprint density at radius 1 is 1.25 bits per heavy atom. The van der Waals surface area contributed by atoms with E-state index in [2.05, 4.69) is 41.8 Å². The molecule has 1 aliphatic carbocycles. The van der Waals surface area contributed by atoms with Crippen molar-refractivity contribution in [2.24, 2.45) is 0 Å². The zero-order valence-corrected chi connectivity index (χ0v) is 16.6. The minimum Gasteiger partial charge on any atom is -0.322 e. The lowest BCUT2D eigenvalue weighted by molar-refractivity contribution is 0.102. The molecule has 1 fully saturated rings. The Kier molecular flexibility index (Phi) is 3.97. The van der Waals surface area contributed by atoms with Gasteiger partial charge in [-0.2, -0.15) is 5.10 Å². The number of anilines is 1. The van der Waals surface area contributed by atoms with Crippen molar-refractivity contribution in [3.63, 3.8) is 0 Å². The standard InChI is InChI=1S/C19H16BrN7O/c1-11-2-5-14(27-24-18(23-25-27)12-3-4-12)9-16(11)22-19(28)15-10-21-26-7-6-13(20)8-17(15)26/h2,5-10,12H,3-4H2,1H3,(H,22,28). The van der Waals surface area contributed by atoms with Gasteiger partial charge >= 0.3 is 0 Å². The Balaban J connectivity index is 1.45. The van der Waals surface area contributed by atoms with Crippen molar-refractivity contribution in [2.75, 3.05) is 5.32 Å². The molecule has 0 atom stereocenters. The molecule has 3 heterocycles. The van der Waals surface area contributed by atoms with Crippen LogP contribution < -0.4 is 5.32 Å². The number of halogens is 1. The number of aryl methyl sites for hydroxylation is 1. The normalized spacial score (nSPS) is 13.8. The summed E-state index contributed by atoms with van der Waals surface area (Å²) in [6.07, 6.45) is 5.61. The third-order valence-corrected chi connectivity index (χ3v) is 5.29. The van der Waals surface area contributed by atoms with E-state index >= 15 is 0 Å². The van der Waals surface area contributed by atoms with Crippen molar-refractivity contribution in [2.45, 2.75) is 25.7 Å². The van der Waals surface area contributed by atoms with Crippen LogP contribution in [0.25, 0.3) is 11.2 Å². The second-order valence-corrected chi connectivity index (χ2v) is 7.81. The second kappa shape index (κ2) is 6.52. The molecule has 140 valence electrons. The van der Waals surface area contributed by atoms with Gasteiger partial charge in [0.2, 0.25) is 0 Å². The topological polar surface area (TPSA) is 90.0 Å². The maximum absolute atomic E-state index is 12.9. The number of tetrazole rings is 1. The van der Waals surface area contributed by atoms with E-state index in [0.717, 1.165) is 39.9 Å². The lowest BCUT2D eigenvalue weighted by Crippen LogP contribution is -2.13. The highest BCUT2D eigenvalue weighted by Gasteiger charge is 2.28. The summed E-state index contributed by atoms with van der Waals surface area (Å²) in [6.45, 7) is 1.94. The number of nitrogens with zero attached hydrogens (tertiary/aromatic N) is 6. The number of benzene rings is 1. The number of pyridine rings is 1. The van der Waals surface area contributed by atoms with Crippen molar-refractivity contribution in [3.05, 3.63) is 64.1 Å². The molecule has 0 radical (unpaired) electrons. The Hall–Kier alpha value is -3.07. The maximum atomic E-state index is 12.9. The van der Waals surface area contributed by atoms with Crippen molar-refractivity contribution in [3.8, 4) is 5.69 Å². The average Bonchev–Trinajstić information content (AvgIpc) is 3.26. The number of carbonyl (C=O) groups excluding carboxylic acids is 1. The average molecular weight is 438 g/mol. The molecule has 0 spiro atoms. The first-order valence-corrected chi connectivity index (χ1v) is 9.73. The minimum absolute atomic E-state index is 0.224. The summed E-state index contributed by atoms with van der Waals surface area (Å²) < 4.78 is 2.55. The summed E-state index contributed by atoms with van der Waals surface area (Å²) in [7, 11) is 0. The smallest absolute Gasteiger partial charge is 0.259 e. The number of fused-ring (bicyclic) bond motifs is 1. The number of hydrogen-bond donors (Lipinski definition) is 1. The Morgan fingerprint density at radius 2 is 2.11 bits per heavy atom. The quantitative estimate of drug-likeness (QED) is 0.527. The predicted molar refractivity (Wildman–Crippen MR) is 107 cm³/mol. The summed E-state index contributed by atoms with van der Waals surface area (Å²) in [5.41, 5.74) is 3.62. The van der Waals surface area contributed by atoms with Crippen LogP contribution in [0.15, 0.2) is 47.2 Å². The van der Waals surface area contributed by atoms with Crippen LogP contribution in [0.2, 0.25) is 0 Å². The molecule has 1 aliphatic rings. The molecule has 0 saturated heterocycles. The van der Waals surface area contributed by atoms with Crippen molar-refractivity contribution < 1.29 is 4.79 Å². The zero-order valence-electron chi connectivity index (χ0n) is 15.0. The molecule has 1 aromatic carbocycles. The van der Waals surface area contributed by atoms with Crippen LogP contribution in [0.1, 0.15) is 40.5 Å². The Morgan fingerprint density at radius 3 is 2.93 bits per heavy atom. The largest absolute Gasteiger partial charge is 0.322 e. The lowest BCUT2D eigenvalue weighted by atomic mass is 10.1. The van der Waals surface area contributed by atoms with Gasteiger partial charge in [-0.15, -0.1) is 15.0 Å². The van der Waals surface area contributed by atoms with E-state index in [1.54, 1.807) is 16.9 Å². The van der Waals surface area contributed by atoms with E-state index in [9.17, 15) is 4.79 Å². The van der Waals surface area contributed by atoms with Gasteiger partial charge in [-0.1, -0.05) is 22.0 Å². The molecule has 9 heteroatoms. The maximum Gasteiger partial charge on any atom is 0.259 e. The highest BCUT2D eigenvalue weighted by atomic mass is 79.9. The van der Waals surface area contributed by atoms with Gasteiger partial charge in [0.15, 0.2) is 5.82 Å². The molecule has 1 saturated carbocycles. The van der Waals surface area contributed by atoms with Gasteiger partial charge in [-0.3, -0.25) is 4.79 Å². The minimum atomic E-state index is -0.224. The number of hydrogen-bond acceptors (Lipinski definition) is 5. The van der Waals surface area contributed by atoms with Crippen LogP contribution in [-0.4, -0.2) is 35.7 Å². The number of aromatic nitrogens is 6. The van der Waals surface area contributed by atoms with Gasteiger partial charge in [-0.25, -0.2) is 4.52 Å². The number of amides is 1. The summed E-state index contributed by atoms with van der Waals surface area (Å²) in [4.78, 5) is 14.4. The molecule has 4 aromatic rings. The highest BCUT2D eigenvalue weighted by molar-refractivity contribution is 9.10. The third-order valence-electron chi connectivity index (χ3n) is 4.80. The predicted octanol–water partition coefficient (Wildman–Crippen LogP) is 3.51. The number of rotatable bonds is 4. The SMILES string of the molecule is Cc1ccc(-n2nnc(C3CC3)n2)cc1NC(=O)c1cnn2ccc(Br)cc12. The molecule has 1 amide bonds. The van der Waals surface area contributed by atoms with Crippen LogP contribution >= 0.6 is 15.9 Å². The Bertz CT molecular complexity index is 1210. The van der Waals surface area contributed by atoms with Crippen LogP contribution in [0.4, 0.5) is 5.69 Å². The van der Waals surface area contributed by atoms with Gasteiger partial charge in [0, 0.05) is 22.3 Å². The van der Waals surface area contributed by atoms with Crippen LogP contribution in [0.3, 0.4) is 0 Å². The molecule has 5 rings (SSSR count). The van der Waals surface area contributed by atoms with Gasteiger partial charge < -0.3 is 5.32 Å². The van der Waals surface area contributed by atoms with E-state index in [0.29, 0.717) is 17.2 Å². The van der Waals surface area contributed by atoms with Crippen molar-refractivity contribution in [1.29, 1.82) is 0 Å². The van der Waals surface area contributed by atoms with Crippen molar-refractivity contribution in [1.82, 2.24) is 29.8 Å². The molecular weight excluding hydrogens is 422 g/mol. The second-order valence-electron chi connectivity index (χ2n) is 6.90. The van der Waals surface area contributed by atoms with E-state index < -0.39 is 0 Å². The molecule has 28 heavy (non-hydrogen) atoms. The van der Waals surface area contributed by atoms with Gasteiger partial charge in [0.05, 0.1) is 23.0 Å². The van der Waals surface area contributed by atoms with Crippen LogP contribution in [-0.2, 0) is 0 Å². The Labute approximate surface area is 168 Å². The number of carbonyl (C=O) groups is 1. The van der Waals surface area contributed by atoms with E-state index in [1.165, 1.54) is 4.80 Å². The first-order chi connectivity index (χ1) is 13.6. The van der Waals surface area contributed by atoms with Gasteiger partial charge in [0.25, 0.3) is 5.91 Å². The van der Waals surface area contributed by atoms with Gasteiger partial charge in [-0.05, 0) is 54.8 Å². The zero-order chi connectivity index (χ0) is 19.3. The molecule has 8 nitrogen and oxygen atoms in total. The summed E-state index contributed by atoms with van der Waals surface area (Å²) in [6, 6.07) is 9.43. The molecule has 0 aliphatic heterocycles. The number of nitrogens with one attached hydrogen (secondary N) is 1.